The number of nitrogens with one attached hydrogen (secondary N) is 2. The molecule has 0 saturated carbocycles. The van der Waals surface area contributed by atoms with E-state index in [4.69, 9.17) is 4.74 Å². The number of hydrogen-bond acceptors (Lipinski definition) is 4. The number of rotatable bonds is 4. The molecule has 2 N–H and O–H groups in total. The van der Waals surface area contributed by atoms with Crippen LogP contribution in [0.1, 0.15) is 19.8 Å². The molecule has 2 rings (SSSR count). The predicted molar refractivity (Wildman–Crippen MR) is 81.2 cm³/mol. The highest BCUT2D eigenvalue weighted by Crippen LogP contribution is 2.18. The third-order valence-electron chi connectivity index (χ3n) is 3.40. The summed E-state index contributed by atoms with van der Waals surface area (Å²) < 4.78 is 4.84. The van der Waals surface area contributed by atoms with Gasteiger partial charge in [-0.1, -0.05) is 0 Å². The van der Waals surface area contributed by atoms with Gasteiger partial charge in [-0.3, -0.25) is 5.32 Å². The van der Waals surface area contributed by atoms with Crippen molar-refractivity contribution < 1.29 is 9.53 Å². The quantitative estimate of drug-likeness (QED) is 0.888. The summed E-state index contributed by atoms with van der Waals surface area (Å²) >= 11 is 0. The van der Waals surface area contributed by atoms with Gasteiger partial charge in [0.25, 0.3) is 0 Å². The Morgan fingerprint density at radius 3 is 2.70 bits per heavy atom. The van der Waals surface area contributed by atoms with Crippen molar-refractivity contribution in [3.05, 3.63) is 24.3 Å². The number of likely N-dealkylation sites (tertiary alicyclic amines) is 1. The monoisotopic (exact) mass is 277 g/mol. The van der Waals surface area contributed by atoms with E-state index in [2.05, 4.69) is 22.6 Å². The number of anilines is 2. The molecule has 1 aliphatic heterocycles. The molecule has 0 radical (unpaired) electrons. The second kappa shape index (κ2) is 7.14. The van der Waals surface area contributed by atoms with Gasteiger partial charge < -0.3 is 15.0 Å². The minimum atomic E-state index is -0.415. The topological polar surface area (TPSA) is 53.6 Å². The van der Waals surface area contributed by atoms with E-state index in [1.54, 1.807) is 6.92 Å². The fourth-order valence-corrected chi connectivity index (χ4v) is 2.45. The fraction of sp³-hybridized carbons (Fsp3) is 0.533. The fourth-order valence-electron chi connectivity index (χ4n) is 2.45. The second-order valence-corrected chi connectivity index (χ2v) is 5.17. The van der Waals surface area contributed by atoms with Gasteiger partial charge in [-0.25, -0.2) is 4.79 Å². The van der Waals surface area contributed by atoms with Gasteiger partial charge in [0.1, 0.15) is 0 Å². The van der Waals surface area contributed by atoms with Gasteiger partial charge in [-0.2, -0.15) is 0 Å². The molecule has 1 amide bonds. The lowest BCUT2D eigenvalue weighted by molar-refractivity contribution is 0.168. The van der Waals surface area contributed by atoms with E-state index < -0.39 is 6.09 Å². The zero-order valence-corrected chi connectivity index (χ0v) is 12.2. The maximum Gasteiger partial charge on any atom is 0.411 e. The summed E-state index contributed by atoms with van der Waals surface area (Å²) in [6.45, 7) is 4.41. The molecule has 0 aromatic heterocycles. The van der Waals surface area contributed by atoms with Crippen LogP contribution in [-0.2, 0) is 4.74 Å². The Hall–Kier alpha value is -1.75. The molecule has 1 unspecified atom stereocenters. The van der Waals surface area contributed by atoms with Crippen molar-refractivity contribution in [3.8, 4) is 0 Å². The van der Waals surface area contributed by atoms with Crippen LogP contribution in [0.25, 0.3) is 0 Å². The lowest BCUT2D eigenvalue weighted by Crippen LogP contribution is -2.39. The zero-order chi connectivity index (χ0) is 14.4. The zero-order valence-electron chi connectivity index (χ0n) is 12.2. The molecule has 110 valence electrons. The van der Waals surface area contributed by atoms with Crippen LogP contribution in [0.15, 0.2) is 24.3 Å². The molecule has 1 aromatic carbocycles. The standard InChI is InChI=1S/C15H23N3O2/c1-3-20-15(19)17-13-8-6-12(7-9-13)16-14-5-4-10-18(2)11-14/h6-9,14,16H,3-5,10-11H2,1-2H3,(H,17,19). The predicted octanol–water partition coefficient (Wildman–Crippen LogP) is 2.76. The Morgan fingerprint density at radius 1 is 1.35 bits per heavy atom. The van der Waals surface area contributed by atoms with Crippen molar-refractivity contribution >= 4 is 17.5 Å². The van der Waals surface area contributed by atoms with Crippen molar-refractivity contribution in [2.24, 2.45) is 0 Å². The number of likely N-dealkylation sites (N-methyl/N-ethyl adjacent to an activating group) is 1. The summed E-state index contributed by atoms with van der Waals surface area (Å²) in [6, 6.07) is 8.22. The Bertz CT molecular complexity index is 433. The van der Waals surface area contributed by atoms with Crippen LogP contribution < -0.4 is 10.6 Å². The molecular formula is C15H23N3O2. The lowest BCUT2D eigenvalue weighted by atomic mass is 10.1. The highest BCUT2D eigenvalue weighted by molar-refractivity contribution is 5.84. The van der Waals surface area contributed by atoms with Crippen LogP contribution in [-0.4, -0.2) is 43.8 Å². The molecule has 0 aliphatic carbocycles. The number of carbonyl (C=O) groups excluding carboxylic acids is 1. The molecule has 0 spiro atoms. The van der Waals surface area contributed by atoms with Crippen molar-refractivity contribution in [2.45, 2.75) is 25.8 Å². The Kier molecular flexibility index (Phi) is 5.24. The number of carbonyl (C=O) groups is 1. The van der Waals surface area contributed by atoms with Crippen molar-refractivity contribution in [1.29, 1.82) is 0 Å². The van der Waals surface area contributed by atoms with Crippen LogP contribution in [0.2, 0.25) is 0 Å². The molecule has 20 heavy (non-hydrogen) atoms. The van der Waals surface area contributed by atoms with Crippen LogP contribution in [0, 0.1) is 0 Å². The van der Waals surface area contributed by atoms with Gasteiger partial charge >= 0.3 is 6.09 Å². The number of piperidine rings is 1. The third-order valence-corrected chi connectivity index (χ3v) is 3.40. The maximum absolute atomic E-state index is 11.3. The molecule has 1 fully saturated rings. The first kappa shape index (κ1) is 14.7. The molecule has 5 heteroatoms. The summed E-state index contributed by atoms with van der Waals surface area (Å²) in [7, 11) is 2.15. The molecule has 1 aliphatic rings. The minimum absolute atomic E-state index is 0.376. The van der Waals surface area contributed by atoms with E-state index in [-0.39, 0.29) is 0 Å². The van der Waals surface area contributed by atoms with Crippen LogP contribution in [0.5, 0.6) is 0 Å². The van der Waals surface area contributed by atoms with Gasteiger partial charge in [-0.15, -0.1) is 0 Å². The summed E-state index contributed by atoms with van der Waals surface area (Å²) in [5, 5.41) is 6.21. The highest BCUT2D eigenvalue weighted by Gasteiger charge is 2.16. The molecular weight excluding hydrogens is 254 g/mol. The van der Waals surface area contributed by atoms with Gasteiger partial charge in [0.2, 0.25) is 0 Å². The minimum Gasteiger partial charge on any atom is -0.450 e. The Morgan fingerprint density at radius 2 is 2.05 bits per heavy atom. The van der Waals surface area contributed by atoms with Crippen LogP contribution in [0.4, 0.5) is 16.2 Å². The summed E-state index contributed by atoms with van der Waals surface area (Å²) in [4.78, 5) is 13.6. The maximum atomic E-state index is 11.3. The second-order valence-electron chi connectivity index (χ2n) is 5.17. The molecule has 1 saturated heterocycles. The van der Waals surface area contributed by atoms with E-state index in [0.717, 1.165) is 17.9 Å². The van der Waals surface area contributed by atoms with Crippen molar-refractivity contribution in [2.75, 3.05) is 37.4 Å². The first-order valence-corrected chi connectivity index (χ1v) is 7.16. The molecule has 0 bridgehead atoms. The average molecular weight is 277 g/mol. The van der Waals surface area contributed by atoms with Gasteiger partial charge in [-0.05, 0) is 57.6 Å². The van der Waals surface area contributed by atoms with E-state index in [9.17, 15) is 4.79 Å². The first-order valence-electron chi connectivity index (χ1n) is 7.16. The SMILES string of the molecule is CCOC(=O)Nc1ccc(NC2CCCN(C)C2)cc1. The number of benzene rings is 1. The number of hydrogen-bond donors (Lipinski definition) is 2. The largest absolute Gasteiger partial charge is 0.450 e. The number of ether oxygens (including phenoxy) is 1. The number of nitrogens with zero attached hydrogens (tertiary/aromatic N) is 1. The normalized spacial score (nSPS) is 19.4. The van der Waals surface area contributed by atoms with E-state index in [1.165, 1.54) is 19.4 Å². The Balaban J connectivity index is 1.86. The smallest absolute Gasteiger partial charge is 0.411 e. The lowest BCUT2D eigenvalue weighted by Gasteiger charge is -2.30. The number of amides is 1. The first-order chi connectivity index (χ1) is 9.67. The highest BCUT2D eigenvalue weighted by atomic mass is 16.5. The van der Waals surface area contributed by atoms with E-state index in [1.807, 2.05) is 24.3 Å². The molecule has 5 nitrogen and oxygen atoms in total. The molecule has 1 aromatic rings. The van der Waals surface area contributed by atoms with Crippen molar-refractivity contribution in [3.63, 3.8) is 0 Å². The summed E-state index contributed by atoms with van der Waals surface area (Å²) in [5.41, 5.74) is 1.83. The molecule has 1 atom stereocenters. The molecule has 1 heterocycles. The van der Waals surface area contributed by atoms with Crippen LogP contribution in [0.3, 0.4) is 0 Å². The van der Waals surface area contributed by atoms with Gasteiger partial charge in [0.05, 0.1) is 6.61 Å². The third kappa shape index (κ3) is 4.42. The van der Waals surface area contributed by atoms with Gasteiger partial charge in [0, 0.05) is 24.0 Å². The van der Waals surface area contributed by atoms with Crippen molar-refractivity contribution in [1.82, 2.24) is 4.90 Å². The Labute approximate surface area is 120 Å². The van der Waals surface area contributed by atoms with Gasteiger partial charge in [0.15, 0.2) is 0 Å². The summed E-state index contributed by atoms with van der Waals surface area (Å²) in [6.07, 6.45) is 2.02. The van der Waals surface area contributed by atoms with E-state index >= 15 is 0 Å². The van der Waals surface area contributed by atoms with E-state index in [0.29, 0.717) is 12.6 Å². The van der Waals surface area contributed by atoms with Crippen LogP contribution >= 0.6 is 0 Å². The average Bonchev–Trinajstić information content (AvgIpc) is 2.41. The summed E-state index contributed by atoms with van der Waals surface area (Å²) in [5.74, 6) is 0.